The summed E-state index contributed by atoms with van der Waals surface area (Å²) in [6, 6.07) is 0. The highest BCUT2D eigenvalue weighted by Gasteiger charge is 2.24. The van der Waals surface area contributed by atoms with Gasteiger partial charge in [0.15, 0.2) is 0 Å². The maximum absolute atomic E-state index is 12.5. The number of amides is 2. The van der Waals surface area contributed by atoms with Gasteiger partial charge in [-0.3, -0.25) is 14.5 Å². The molecule has 130 valence electrons. The summed E-state index contributed by atoms with van der Waals surface area (Å²) in [6.07, 6.45) is 13.1. The molecule has 0 aromatic carbocycles. The van der Waals surface area contributed by atoms with Gasteiger partial charge in [0.05, 0.1) is 0 Å². The summed E-state index contributed by atoms with van der Waals surface area (Å²) >= 11 is 0. The molecule has 0 heterocycles. The van der Waals surface area contributed by atoms with E-state index in [-0.39, 0.29) is 11.8 Å². The third-order valence-corrected chi connectivity index (χ3v) is 5.51. The Balaban J connectivity index is 1.81. The minimum Gasteiger partial charge on any atom is -0.279 e. The van der Waals surface area contributed by atoms with Crippen LogP contribution in [-0.4, -0.2) is 23.3 Å². The van der Waals surface area contributed by atoms with E-state index in [1.807, 2.05) is 6.92 Å². The lowest BCUT2D eigenvalue weighted by Crippen LogP contribution is -2.38. The van der Waals surface area contributed by atoms with Crippen molar-refractivity contribution < 1.29 is 9.59 Å². The van der Waals surface area contributed by atoms with Crippen LogP contribution in [0.15, 0.2) is 12.2 Å². The molecular formula is C20H33NO2. The topological polar surface area (TPSA) is 37.4 Å². The van der Waals surface area contributed by atoms with Gasteiger partial charge in [0.1, 0.15) is 0 Å². The molecule has 0 saturated heterocycles. The Morgan fingerprint density at radius 2 is 1.26 bits per heavy atom. The van der Waals surface area contributed by atoms with Gasteiger partial charge < -0.3 is 0 Å². The summed E-state index contributed by atoms with van der Waals surface area (Å²) in [5, 5.41) is 0. The van der Waals surface area contributed by atoms with Crippen molar-refractivity contribution in [2.75, 3.05) is 6.54 Å². The predicted octanol–water partition coefficient (Wildman–Crippen LogP) is 4.86. The predicted molar refractivity (Wildman–Crippen MR) is 93.9 cm³/mol. The highest BCUT2D eigenvalue weighted by molar-refractivity contribution is 5.95. The van der Waals surface area contributed by atoms with Crippen LogP contribution >= 0.6 is 0 Å². The molecule has 23 heavy (non-hydrogen) atoms. The second-order valence-corrected chi connectivity index (χ2v) is 7.71. The van der Waals surface area contributed by atoms with Crippen molar-refractivity contribution in [2.24, 2.45) is 11.8 Å². The zero-order chi connectivity index (χ0) is 16.7. The molecule has 0 bridgehead atoms. The lowest BCUT2D eigenvalue weighted by atomic mass is 10.00. The van der Waals surface area contributed by atoms with Crippen LogP contribution in [0.4, 0.5) is 0 Å². The monoisotopic (exact) mass is 319 g/mol. The number of carbonyl (C=O) groups is 2. The minimum absolute atomic E-state index is 0.0105. The van der Waals surface area contributed by atoms with Crippen LogP contribution in [0.2, 0.25) is 0 Å². The molecule has 0 spiro atoms. The molecule has 0 aromatic rings. The molecule has 0 atom stereocenters. The molecule has 2 rings (SSSR count). The van der Waals surface area contributed by atoms with Crippen molar-refractivity contribution in [1.82, 2.24) is 4.90 Å². The second-order valence-electron chi connectivity index (χ2n) is 7.71. The molecule has 2 aliphatic carbocycles. The first kappa shape index (κ1) is 18.2. The summed E-state index contributed by atoms with van der Waals surface area (Å²) in [7, 11) is 0. The number of imide groups is 1. The zero-order valence-electron chi connectivity index (χ0n) is 14.8. The number of nitrogens with zero attached hydrogens (tertiary/aromatic N) is 1. The largest absolute Gasteiger partial charge is 0.279 e. The Morgan fingerprint density at radius 3 is 1.61 bits per heavy atom. The quantitative estimate of drug-likeness (QED) is 0.599. The van der Waals surface area contributed by atoms with E-state index >= 15 is 0 Å². The third kappa shape index (κ3) is 6.12. The first-order valence-corrected chi connectivity index (χ1v) is 9.54. The SMILES string of the molecule is C=C(C)CN(C(=O)CCC1CCCC1)C(=O)CCC1CCCC1. The van der Waals surface area contributed by atoms with Crippen LogP contribution in [0.3, 0.4) is 0 Å². The third-order valence-electron chi connectivity index (χ3n) is 5.51. The van der Waals surface area contributed by atoms with Crippen LogP contribution in [0.25, 0.3) is 0 Å². The van der Waals surface area contributed by atoms with Crippen molar-refractivity contribution in [3.63, 3.8) is 0 Å². The fourth-order valence-electron chi connectivity index (χ4n) is 4.11. The van der Waals surface area contributed by atoms with E-state index in [1.165, 1.54) is 56.3 Å². The van der Waals surface area contributed by atoms with E-state index in [0.717, 1.165) is 18.4 Å². The van der Waals surface area contributed by atoms with Gasteiger partial charge in [-0.15, -0.1) is 0 Å². The zero-order valence-corrected chi connectivity index (χ0v) is 14.8. The number of hydrogen-bond donors (Lipinski definition) is 0. The molecule has 0 aliphatic heterocycles. The van der Waals surface area contributed by atoms with Gasteiger partial charge in [0.2, 0.25) is 11.8 Å². The van der Waals surface area contributed by atoms with Crippen LogP contribution in [0, 0.1) is 11.8 Å². The molecule has 2 saturated carbocycles. The average molecular weight is 319 g/mol. The number of rotatable bonds is 8. The second kappa shape index (κ2) is 9.24. The van der Waals surface area contributed by atoms with Crippen LogP contribution in [0.5, 0.6) is 0 Å². The highest BCUT2D eigenvalue weighted by atomic mass is 16.2. The lowest BCUT2D eigenvalue weighted by Gasteiger charge is -2.22. The molecule has 0 radical (unpaired) electrons. The lowest BCUT2D eigenvalue weighted by molar-refractivity contribution is -0.144. The Hall–Kier alpha value is -1.12. The number of hydrogen-bond acceptors (Lipinski definition) is 2. The van der Waals surface area contributed by atoms with Crippen molar-refractivity contribution in [3.05, 3.63) is 12.2 Å². The molecule has 0 unspecified atom stereocenters. The van der Waals surface area contributed by atoms with Crippen molar-refractivity contribution in [1.29, 1.82) is 0 Å². The first-order chi connectivity index (χ1) is 11.1. The summed E-state index contributed by atoms with van der Waals surface area (Å²) in [5.41, 5.74) is 0.883. The summed E-state index contributed by atoms with van der Waals surface area (Å²) < 4.78 is 0. The van der Waals surface area contributed by atoms with Gasteiger partial charge in [-0.1, -0.05) is 63.5 Å². The van der Waals surface area contributed by atoms with Gasteiger partial charge in [-0.05, 0) is 31.6 Å². The van der Waals surface area contributed by atoms with Crippen LogP contribution in [0.1, 0.15) is 84.0 Å². The Kier molecular flexibility index (Phi) is 7.32. The van der Waals surface area contributed by atoms with E-state index in [2.05, 4.69) is 6.58 Å². The fraction of sp³-hybridized carbons (Fsp3) is 0.800. The van der Waals surface area contributed by atoms with Crippen molar-refractivity contribution in [2.45, 2.75) is 84.0 Å². The van der Waals surface area contributed by atoms with Crippen LogP contribution < -0.4 is 0 Å². The normalized spacial score (nSPS) is 19.2. The molecule has 0 aromatic heterocycles. The van der Waals surface area contributed by atoms with Crippen molar-refractivity contribution in [3.8, 4) is 0 Å². The molecule has 3 heteroatoms. The van der Waals surface area contributed by atoms with Gasteiger partial charge in [0.25, 0.3) is 0 Å². The Labute approximate surface area is 141 Å². The summed E-state index contributed by atoms with van der Waals surface area (Å²) in [6.45, 7) is 6.17. The van der Waals surface area contributed by atoms with Crippen LogP contribution in [-0.2, 0) is 9.59 Å². The maximum atomic E-state index is 12.5. The highest BCUT2D eigenvalue weighted by Crippen LogP contribution is 2.30. The molecule has 2 fully saturated rings. The van der Waals surface area contributed by atoms with Gasteiger partial charge in [0, 0.05) is 19.4 Å². The molecule has 3 nitrogen and oxygen atoms in total. The molecule has 0 N–H and O–H groups in total. The summed E-state index contributed by atoms with van der Waals surface area (Å²) in [4.78, 5) is 26.6. The van der Waals surface area contributed by atoms with Gasteiger partial charge >= 0.3 is 0 Å². The fourth-order valence-corrected chi connectivity index (χ4v) is 4.11. The average Bonchev–Trinajstić information content (AvgIpc) is 3.20. The molecular weight excluding hydrogens is 286 g/mol. The Bertz CT molecular complexity index is 385. The smallest absolute Gasteiger partial charge is 0.229 e. The molecule has 2 amide bonds. The van der Waals surface area contributed by atoms with Gasteiger partial charge in [-0.25, -0.2) is 0 Å². The van der Waals surface area contributed by atoms with E-state index in [0.29, 0.717) is 31.2 Å². The minimum atomic E-state index is 0.0105. The van der Waals surface area contributed by atoms with Gasteiger partial charge in [-0.2, -0.15) is 0 Å². The number of carbonyl (C=O) groups excluding carboxylic acids is 2. The Morgan fingerprint density at radius 1 is 0.870 bits per heavy atom. The standard InChI is InChI=1S/C20H33NO2/c1-16(2)15-21(19(22)13-11-17-7-3-4-8-17)20(23)14-12-18-9-5-6-10-18/h17-18H,1,3-15H2,2H3. The van der Waals surface area contributed by atoms with E-state index < -0.39 is 0 Å². The van der Waals surface area contributed by atoms with E-state index in [9.17, 15) is 9.59 Å². The maximum Gasteiger partial charge on any atom is 0.229 e. The molecule has 2 aliphatic rings. The summed E-state index contributed by atoms with van der Waals surface area (Å²) in [5.74, 6) is 1.41. The van der Waals surface area contributed by atoms with E-state index in [4.69, 9.17) is 0 Å². The van der Waals surface area contributed by atoms with E-state index in [1.54, 1.807) is 0 Å². The van der Waals surface area contributed by atoms with Crippen molar-refractivity contribution >= 4 is 11.8 Å². The first-order valence-electron chi connectivity index (χ1n) is 9.54.